The molecule has 0 atom stereocenters. The van der Waals surface area contributed by atoms with Crippen molar-refractivity contribution >= 4 is 15.9 Å². The lowest BCUT2D eigenvalue weighted by Gasteiger charge is -2.04. The van der Waals surface area contributed by atoms with Gasteiger partial charge in [0.25, 0.3) is 0 Å². The third-order valence-corrected chi connectivity index (χ3v) is 2.59. The first-order valence-electron chi connectivity index (χ1n) is 3.90. The van der Waals surface area contributed by atoms with Gasteiger partial charge in [0.05, 0.1) is 4.47 Å². The summed E-state index contributed by atoms with van der Waals surface area (Å²) in [4.78, 5) is 0. The number of rotatable bonds is 3. The molecule has 0 aliphatic heterocycles. The second kappa shape index (κ2) is 4.51. The fourth-order valence-corrected chi connectivity index (χ4v) is 1.56. The van der Waals surface area contributed by atoms with Crippen molar-refractivity contribution in [3.63, 3.8) is 0 Å². The Labute approximate surface area is 84.4 Å². The summed E-state index contributed by atoms with van der Waals surface area (Å²) in [6.45, 7) is 3.53. The lowest BCUT2D eigenvalue weighted by Crippen LogP contribution is -1.94. The lowest BCUT2D eigenvalue weighted by atomic mass is 10.1. The summed E-state index contributed by atoms with van der Waals surface area (Å²) in [7, 11) is 0. The van der Waals surface area contributed by atoms with E-state index in [2.05, 4.69) is 22.5 Å². The molecule has 0 amide bonds. The van der Waals surface area contributed by atoms with Gasteiger partial charge in [-0.3, -0.25) is 0 Å². The maximum Gasteiger partial charge on any atom is 0.137 e. The summed E-state index contributed by atoms with van der Waals surface area (Å²) >= 11 is 3.01. The Morgan fingerprint density at radius 3 is 2.54 bits per heavy atom. The summed E-state index contributed by atoms with van der Waals surface area (Å²) < 4.78 is 26.3. The van der Waals surface area contributed by atoms with Crippen molar-refractivity contribution in [2.45, 2.75) is 12.8 Å². The second-order valence-electron chi connectivity index (χ2n) is 2.65. The fraction of sp³-hybridized carbons (Fsp3) is 0.200. The summed E-state index contributed by atoms with van der Waals surface area (Å²) in [6, 6.07) is 2.25. The summed E-state index contributed by atoms with van der Waals surface area (Å²) in [5.74, 6) is -0.810. The van der Waals surface area contributed by atoms with Gasteiger partial charge >= 0.3 is 0 Å². The zero-order valence-electron chi connectivity index (χ0n) is 6.99. The molecule has 0 saturated carbocycles. The monoisotopic (exact) mass is 246 g/mol. The number of allylic oxidation sites excluding steroid dienone is 1. The van der Waals surface area contributed by atoms with Crippen molar-refractivity contribution in [2.24, 2.45) is 0 Å². The predicted molar refractivity (Wildman–Crippen MR) is 52.6 cm³/mol. The van der Waals surface area contributed by atoms with E-state index in [1.54, 1.807) is 6.08 Å². The molecular formula is C10H9BrF2. The molecule has 0 aromatic heterocycles. The molecular weight excluding hydrogens is 238 g/mol. The summed E-state index contributed by atoms with van der Waals surface area (Å²) in [6.07, 6.45) is 2.78. The first-order valence-corrected chi connectivity index (χ1v) is 4.69. The topological polar surface area (TPSA) is 0 Å². The smallest absolute Gasteiger partial charge is 0.137 e. The minimum absolute atomic E-state index is 0.217. The second-order valence-corrected chi connectivity index (χ2v) is 3.44. The van der Waals surface area contributed by atoms with Gasteiger partial charge in [0.15, 0.2) is 0 Å². The molecule has 0 heterocycles. The third-order valence-electron chi connectivity index (χ3n) is 1.74. The van der Waals surface area contributed by atoms with E-state index in [0.717, 1.165) is 12.1 Å². The Bertz CT molecular complexity index is 321. The van der Waals surface area contributed by atoms with Crippen LogP contribution in [0.2, 0.25) is 0 Å². The molecule has 70 valence electrons. The minimum Gasteiger partial charge on any atom is -0.207 e. The van der Waals surface area contributed by atoms with Crippen LogP contribution in [0.1, 0.15) is 12.0 Å². The average molecular weight is 247 g/mol. The van der Waals surface area contributed by atoms with Crippen molar-refractivity contribution in [1.82, 2.24) is 0 Å². The Hall–Kier alpha value is -0.700. The fourth-order valence-electron chi connectivity index (χ4n) is 1.04. The maximum atomic E-state index is 13.1. The predicted octanol–water partition coefficient (Wildman–Crippen LogP) is 3.85. The molecule has 3 heteroatoms. The third kappa shape index (κ3) is 2.37. The van der Waals surface area contributed by atoms with Crippen molar-refractivity contribution in [1.29, 1.82) is 0 Å². The Morgan fingerprint density at radius 1 is 1.31 bits per heavy atom. The molecule has 0 aliphatic rings. The normalized spacial score (nSPS) is 10.1. The zero-order valence-corrected chi connectivity index (χ0v) is 8.57. The van der Waals surface area contributed by atoms with Crippen molar-refractivity contribution in [3.05, 3.63) is 46.5 Å². The minimum atomic E-state index is -0.430. The molecule has 0 nitrogen and oxygen atoms in total. The average Bonchev–Trinajstić information content (AvgIpc) is 2.12. The zero-order chi connectivity index (χ0) is 9.84. The van der Waals surface area contributed by atoms with Gasteiger partial charge in [0, 0.05) is 5.56 Å². The molecule has 0 spiro atoms. The molecule has 0 aliphatic carbocycles. The number of benzene rings is 1. The van der Waals surface area contributed by atoms with Crippen LogP contribution in [0, 0.1) is 11.6 Å². The van der Waals surface area contributed by atoms with Gasteiger partial charge in [-0.1, -0.05) is 6.08 Å². The highest BCUT2D eigenvalue weighted by Crippen LogP contribution is 2.24. The van der Waals surface area contributed by atoms with E-state index < -0.39 is 5.82 Å². The van der Waals surface area contributed by atoms with E-state index in [-0.39, 0.29) is 10.3 Å². The maximum absolute atomic E-state index is 13.1. The van der Waals surface area contributed by atoms with E-state index in [1.807, 2.05) is 0 Å². The van der Waals surface area contributed by atoms with Crippen LogP contribution in [-0.4, -0.2) is 0 Å². The molecule has 1 aromatic rings. The van der Waals surface area contributed by atoms with Crippen molar-refractivity contribution in [2.75, 3.05) is 0 Å². The van der Waals surface area contributed by atoms with E-state index in [9.17, 15) is 8.78 Å². The Morgan fingerprint density at radius 2 is 1.92 bits per heavy atom. The lowest BCUT2D eigenvalue weighted by molar-refractivity contribution is 0.579. The highest BCUT2D eigenvalue weighted by atomic mass is 79.9. The van der Waals surface area contributed by atoms with Crippen LogP contribution >= 0.6 is 15.9 Å². The van der Waals surface area contributed by atoms with Gasteiger partial charge in [-0.05, 0) is 40.9 Å². The standard InChI is InChI=1S/C10H9BrF2/c1-2-3-4-7-8(12)5-6-9(13)10(7)11/h2,5-6H,1,3-4H2. The van der Waals surface area contributed by atoms with Gasteiger partial charge in [0.1, 0.15) is 11.6 Å². The molecule has 13 heavy (non-hydrogen) atoms. The van der Waals surface area contributed by atoms with Crippen LogP contribution in [0.3, 0.4) is 0 Å². The SMILES string of the molecule is C=CCCc1c(F)ccc(F)c1Br. The first kappa shape index (κ1) is 10.4. The largest absolute Gasteiger partial charge is 0.207 e. The highest BCUT2D eigenvalue weighted by Gasteiger charge is 2.09. The van der Waals surface area contributed by atoms with Gasteiger partial charge in [-0.25, -0.2) is 8.78 Å². The quantitative estimate of drug-likeness (QED) is 0.562. The van der Waals surface area contributed by atoms with Crippen LogP contribution in [0.25, 0.3) is 0 Å². The van der Waals surface area contributed by atoms with Crippen LogP contribution in [0.4, 0.5) is 8.78 Å². The number of halogens is 3. The van der Waals surface area contributed by atoms with Crippen LogP contribution in [0.15, 0.2) is 29.3 Å². The molecule has 0 bridgehead atoms. The summed E-state index contributed by atoms with van der Waals surface area (Å²) in [5.41, 5.74) is 0.375. The van der Waals surface area contributed by atoms with Crippen molar-refractivity contribution < 1.29 is 8.78 Å². The Kier molecular flexibility index (Phi) is 3.60. The molecule has 0 saturated heterocycles. The van der Waals surface area contributed by atoms with Gasteiger partial charge in [-0.2, -0.15) is 0 Å². The first-order chi connectivity index (χ1) is 6.16. The van der Waals surface area contributed by atoms with E-state index >= 15 is 0 Å². The molecule has 0 fully saturated rings. The number of hydrogen-bond donors (Lipinski definition) is 0. The van der Waals surface area contributed by atoms with Crippen LogP contribution < -0.4 is 0 Å². The van der Waals surface area contributed by atoms with Gasteiger partial charge in [-0.15, -0.1) is 6.58 Å². The van der Waals surface area contributed by atoms with E-state index in [1.165, 1.54) is 0 Å². The van der Waals surface area contributed by atoms with Gasteiger partial charge < -0.3 is 0 Å². The highest BCUT2D eigenvalue weighted by molar-refractivity contribution is 9.10. The summed E-state index contributed by atoms with van der Waals surface area (Å²) in [5, 5.41) is 0. The van der Waals surface area contributed by atoms with Crippen LogP contribution in [0.5, 0.6) is 0 Å². The van der Waals surface area contributed by atoms with E-state index in [0.29, 0.717) is 18.4 Å². The molecule has 0 N–H and O–H groups in total. The van der Waals surface area contributed by atoms with Gasteiger partial charge in [0.2, 0.25) is 0 Å². The molecule has 1 rings (SSSR count). The number of hydrogen-bond acceptors (Lipinski definition) is 0. The van der Waals surface area contributed by atoms with Crippen LogP contribution in [-0.2, 0) is 6.42 Å². The molecule has 1 aromatic carbocycles. The molecule has 0 unspecified atom stereocenters. The molecule has 0 radical (unpaired) electrons. The van der Waals surface area contributed by atoms with E-state index in [4.69, 9.17) is 0 Å². The Balaban J connectivity index is 3.02. The van der Waals surface area contributed by atoms with Crippen molar-refractivity contribution in [3.8, 4) is 0 Å².